The Labute approximate surface area is 201 Å². The Morgan fingerprint density at radius 1 is 0.941 bits per heavy atom. The number of aromatic nitrogens is 1. The first-order valence-corrected chi connectivity index (χ1v) is 12.4. The number of carbonyl (C=O) groups is 2. The van der Waals surface area contributed by atoms with E-state index in [1.165, 1.54) is 0 Å². The molecule has 0 unspecified atom stereocenters. The first-order chi connectivity index (χ1) is 16.7. The Balaban J connectivity index is 1.10. The number of nitrogens with one attached hydrogen (secondary N) is 2. The number of pyridine rings is 1. The molecule has 1 fully saturated rings. The number of fused-ring (bicyclic) bond motifs is 1. The zero-order chi connectivity index (χ0) is 23.6. The second-order valence-electron chi connectivity index (χ2n) is 9.05. The van der Waals surface area contributed by atoms with Gasteiger partial charge in [0.15, 0.2) is 0 Å². The van der Waals surface area contributed by atoms with Crippen molar-refractivity contribution in [1.82, 2.24) is 15.2 Å². The number of aryl methyl sites for hydroxylation is 1. The van der Waals surface area contributed by atoms with Crippen LogP contribution in [0.4, 0.5) is 10.5 Å². The van der Waals surface area contributed by atoms with Crippen LogP contribution in [-0.2, 0) is 11.2 Å². The number of piperidine rings is 1. The molecular formula is C28H34N4O2. The number of rotatable bonds is 9. The predicted molar refractivity (Wildman–Crippen MR) is 137 cm³/mol. The Bertz CT molecular complexity index is 1070. The molecule has 0 spiro atoms. The molecule has 0 radical (unpaired) electrons. The van der Waals surface area contributed by atoms with Gasteiger partial charge in [0.25, 0.3) is 0 Å². The summed E-state index contributed by atoms with van der Waals surface area (Å²) in [4.78, 5) is 31.0. The molecule has 1 aliphatic rings. The number of amides is 3. The van der Waals surface area contributed by atoms with Gasteiger partial charge in [-0.3, -0.25) is 9.78 Å². The number of nitrogens with zero attached hydrogens (tertiary/aromatic N) is 2. The lowest BCUT2D eigenvalue weighted by Gasteiger charge is -2.32. The number of anilines is 1. The Morgan fingerprint density at radius 2 is 1.74 bits per heavy atom. The summed E-state index contributed by atoms with van der Waals surface area (Å²) < 4.78 is 0. The topological polar surface area (TPSA) is 74.3 Å². The molecule has 1 aromatic heterocycles. The summed E-state index contributed by atoms with van der Waals surface area (Å²) in [5.41, 5.74) is 1.82. The average molecular weight is 459 g/mol. The largest absolute Gasteiger partial charge is 0.356 e. The van der Waals surface area contributed by atoms with Crippen molar-refractivity contribution in [1.29, 1.82) is 0 Å². The van der Waals surface area contributed by atoms with Crippen molar-refractivity contribution in [2.24, 2.45) is 5.92 Å². The van der Waals surface area contributed by atoms with Gasteiger partial charge in [0.2, 0.25) is 5.91 Å². The summed E-state index contributed by atoms with van der Waals surface area (Å²) in [6.07, 6.45) is 8.26. The van der Waals surface area contributed by atoms with Crippen molar-refractivity contribution in [3.8, 4) is 0 Å². The summed E-state index contributed by atoms with van der Waals surface area (Å²) in [5.74, 6) is 0.748. The summed E-state index contributed by atoms with van der Waals surface area (Å²) in [7, 11) is 0. The minimum absolute atomic E-state index is 0.0109. The molecule has 0 aliphatic carbocycles. The molecule has 0 atom stereocenters. The van der Waals surface area contributed by atoms with E-state index >= 15 is 0 Å². The third kappa shape index (κ3) is 6.80. The highest BCUT2D eigenvalue weighted by Crippen LogP contribution is 2.25. The van der Waals surface area contributed by atoms with Crippen molar-refractivity contribution < 1.29 is 9.59 Å². The first-order valence-electron chi connectivity index (χ1n) is 12.4. The quantitative estimate of drug-likeness (QED) is 0.422. The third-order valence-corrected chi connectivity index (χ3v) is 6.63. The highest BCUT2D eigenvalue weighted by Gasteiger charge is 2.22. The zero-order valence-corrected chi connectivity index (χ0v) is 19.7. The number of hydrogen-bond donors (Lipinski definition) is 2. The standard InChI is InChI=1S/C28H34N4O2/c33-27(15-14-24-11-4-6-18-29-24)30-19-5-3-8-22-16-20-32(21-17-22)28(34)31-26-13-7-10-23-9-1-2-12-25(23)26/h1-2,4,6-7,9-13,18,22H,3,5,8,14-17,19-21H2,(H,30,33)(H,31,34). The zero-order valence-electron chi connectivity index (χ0n) is 19.7. The molecule has 1 aliphatic heterocycles. The van der Waals surface area contributed by atoms with Crippen LogP contribution in [0.5, 0.6) is 0 Å². The monoisotopic (exact) mass is 458 g/mol. The molecule has 6 heteroatoms. The fourth-order valence-electron chi connectivity index (χ4n) is 4.62. The molecule has 2 heterocycles. The van der Waals surface area contributed by atoms with Gasteiger partial charge in [-0.25, -0.2) is 4.79 Å². The lowest BCUT2D eigenvalue weighted by atomic mass is 9.91. The van der Waals surface area contributed by atoms with Crippen LogP contribution in [0.25, 0.3) is 10.8 Å². The minimum atomic E-state index is -0.0109. The van der Waals surface area contributed by atoms with E-state index in [-0.39, 0.29) is 11.9 Å². The van der Waals surface area contributed by atoms with E-state index in [1.807, 2.05) is 53.4 Å². The van der Waals surface area contributed by atoms with Gasteiger partial charge < -0.3 is 15.5 Å². The summed E-state index contributed by atoms with van der Waals surface area (Å²) in [5, 5.41) is 8.32. The molecule has 1 saturated heterocycles. The number of likely N-dealkylation sites (tertiary alicyclic amines) is 1. The lowest BCUT2D eigenvalue weighted by Crippen LogP contribution is -2.41. The van der Waals surface area contributed by atoms with Crippen molar-refractivity contribution in [2.75, 3.05) is 25.0 Å². The van der Waals surface area contributed by atoms with Gasteiger partial charge in [-0.15, -0.1) is 0 Å². The fraction of sp³-hybridized carbons (Fsp3) is 0.393. The smallest absolute Gasteiger partial charge is 0.321 e. The van der Waals surface area contributed by atoms with Crippen LogP contribution in [0, 0.1) is 5.92 Å². The Kier molecular flexibility index (Phi) is 8.49. The molecule has 2 N–H and O–H groups in total. The molecule has 0 bridgehead atoms. The fourth-order valence-corrected chi connectivity index (χ4v) is 4.62. The Morgan fingerprint density at radius 3 is 2.56 bits per heavy atom. The molecule has 3 amide bonds. The summed E-state index contributed by atoms with van der Waals surface area (Å²) in [6, 6.07) is 19.9. The molecule has 0 saturated carbocycles. The van der Waals surface area contributed by atoms with Crippen molar-refractivity contribution in [3.63, 3.8) is 0 Å². The number of hydrogen-bond acceptors (Lipinski definition) is 3. The second-order valence-corrected chi connectivity index (χ2v) is 9.05. The van der Waals surface area contributed by atoms with Crippen LogP contribution in [0.3, 0.4) is 0 Å². The molecule has 4 rings (SSSR count). The van der Waals surface area contributed by atoms with Crippen LogP contribution in [0.1, 0.15) is 44.2 Å². The van der Waals surface area contributed by atoms with Crippen molar-refractivity contribution in [2.45, 2.75) is 44.9 Å². The first kappa shape index (κ1) is 23.7. The van der Waals surface area contributed by atoms with E-state index in [4.69, 9.17) is 0 Å². The van der Waals surface area contributed by atoms with Crippen LogP contribution >= 0.6 is 0 Å². The lowest BCUT2D eigenvalue weighted by molar-refractivity contribution is -0.121. The Hall–Kier alpha value is -3.41. The molecule has 3 aromatic rings. The van der Waals surface area contributed by atoms with Gasteiger partial charge in [-0.1, -0.05) is 55.3 Å². The number of unbranched alkanes of at least 4 members (excludes halogenated alkanes) is 1. The highest BCUT2D eigenvalue weighted by molar-refractivity contribution is 6.01. The number of urea groups is 1. The molecule has 2 aromatic carbocycles. The van der Waals surface area contributed by atoms with Crippen molar-refractivity contribution in [3.05, 3.63) is 72.6 Å². The van der Waals surface area contributed by atoms with Gasteiger partial charge in [0.1, 0.15) is 0 Å². The van der Waals surface area contributed by atoms with E-state index < -0.39 is 0 Å². The molecule has 178 valence electrons. The predicted octanol–water partition coefficient (Wildman–Crippen LogP) is 5.40. The van der Waals surface area contributed by atoms with E-state index in [0.717, 1.165) is 73.9 Å². The maximum atomic E-state index is 12.8. The van der Waals surface area contributed by atoms with Gasteiger partial charge in [-0.2, -0.15) is 0 Å². The number of carbonyl (C=O) groups excluding carboxylic acids is 2. The van der Waals surface area contributed by atoms with Gasteiger partial charge >= 0.3 is 6.03 Å². The summed E-state index contributed by atoms with van der Waals surface area (Å²) in [6.45, 7) is 2.32. The normalized spacial score (nSPS) is 14.2. The molecule has 34 heavy (non-hydrogen) atoms. The van der Waals surface area contributed by atoms with Crippen LogP contribution < -0.4 is 10.6 Å². The second kappa shape index (κ2) is 12.2. The molecular weight excluding hydrogens is 424 g/mol. The van der Waals surface area contributed by atoms with Crippen LogP contribution in [0.15, 0.2) is 66.9 Å². The van der Waals surface area contributed by atoms with Crippen LogP contribution in [-0.4, -0.2) is 41.5 Å². The SMILES string of the molecule is O=C(CCc1ccccn1)NCCCCC1CCN(C(=O)Nc2cccc3ccccc23)CC1. The maximum Gasteiger partial charge on any atom is 0.321 e. The van der Waals surface area contributed by atoms with Gasteiger partial charge in [0.05, 0.1) is 5.69 Å². The third-order valence-electron chi connectivity index (χ3n) is 6.63. The number of benzene rings is 2. The van der Waals surface area contributed by atoms with Gasteiger partial charge in [-0.05, 0) is 55.2 Å². The van der Waals surface area contributed by atoms with Crippen LogP contribution in [0.2, 0.25) is 0 Å². The minimum Gasteiger partial charge on any atom is -0.356 e. The average Bonchev–Trinajstić information content (AvgIpc) is 2.88. The summed E-state index contributed by atoms with van der Waals surface area (Å²) >= 11 is 0. The van der Waals surface area contributed by atoms with E-state index in [9.17, 15) is 9.59 Å². The highest BCUT2D eigenvalue weighted by atomic mass is 16.2. The van der Waals surface area contributed by atoms with E-state index in [1.54, 1.807) is 6.20 Å². The van der Waals surface area contributed by atoms with E-state index in [2.05, 4.69) is 27.8 Å². The molecule has 6 nitrogen and oxygen atoms in total. The van der Waals surface area contributed by atoms with Crippen molar-refractivity contribution >= 4 is 28.4 Å². The maximum absolute atomic E-state index is 12.8. The van der Waals surface area contributed by atoms with E-state index in [0.29, 0.717) is 18.8 Å². The van der Waals surface area contributed by atoms with Gasteiger partial charge in [0, 0.05) is 43.3 Å².